The molecule has 2 rings (SSSR count). The zero-order chi connectivity index (χ0) is 12.3. The average Bonchev–Trinajstić information content (AvgIpc) is 2.30. The Morgan fingerprint density at radius 3 is 2.65 bits per heavy atom. The van der Waals surface area contributed by atoms with E-state index in [4.69, 9.17) is 11.6 Å². The van der Waals surface area contributed by atoms with E-state index in [-0.39, 0.29) is 5.38 Å². The molecule has 1 aromatic carbocycles. The number of benzene rings is 1. The van der Waals surface area contributed by atoms with Crippen molar-refractivity contribution in [3.05, 3.63) is 62.8 Å². The third-order valence-electron chi connectivity index (χ3n) is 2.41. The molecule has 0 radical (unpaired) electrons. The van der Waals surface area contributed by atoms with Crippen LogP contribution in [0.1, 0.15) is 16.6 Å². The van der Waals surface area contributed by atoms with Crippen LogP contribution in [-0.4, -0.2) is 4.98 Å². The first-order valence-electron chi connectivity index (χ1n) is 5.16. The van der Waals surface area contributed by atoms with E-state index < -0.39 is 0 Å². The first kappa shape index (κ1) is 13.1. The maximum Gasteiger partial charge on any atom is 0.0651 e. The van der Waals surface area contributed by atoms with Crippen molar-refractivity contribution in [2.24, 2.45) is 0 Å². The second-order valence-electron chi connectivity index (χ2n) is 3.66. The molecule has 2 aromatic rings. The molecule has 1 nitrogen and oxygen atoms in total. The van der Waals surface area contributed by atoms with Crippen molar-refractivity contribution < 1.29 is 0 Å². The topological polar surface area (TPSA) is 12.9 Å². The third kappa shape index (κ3) is 3.54. The highest BCUT2D eigenvalue weighted by molar-refractivity contribution is 9.11. The lowest BCUT2D eigenvalue weighted by atomic mass is 10.1. The molecule has 0 saturated carbocycles. The number of halogens is 3. The van der Waals surface area contributed by atoms with Crippen LogP contribution in [0.4, 0.5) is 0 Å². The molecule has 1 heterocycles. The average molecular weight is 375 g/mol. The molecule has 0 bridgehead atoms. The second kappa shape index (κ2) is 5.98. The Labute approximate surface area is 122 Å². The number of hydrogen-bond acceptors (Lipinski definition) is 1. The number of nitrogens with zero attached hydrogens (tertiary/aromatic N) is 1. The van der Waals surface area contributed by atoms with Crippen molar-refractivity contribution in [3.63, 3.8) is 0 Å². The van der Waals surface area contributed by atoms with E-state index in [2.05, 4.69) is 36.8 Å². The molecule has 0 aliphatic rings. The van der Waals surface area contributed by atoms with Crippen LogP contribution in [0.25, 0.3) is 0 Å². The normalized spacial score (nSPS) is 12.4. The molecular weight excluding hydrogens is 365 g/mol. The van der Waals surface area contributed by atoms with E-state index in [0.717, 1.165) is 26.6 Å². The van der Waals surface area contributed by atoms with Crippen molar-refractivity contribution >= 4 is 43.5 Å². The van der Waals surface area contributed by atoms with Gasteiger partial charge in [-0.15, -0.1) is 11.6 Å². The summed E-state index contributed by atoms with van der Waals surface area (Å²) in [6.45, 7) is 0. The highest BCUT2D eigenvalue weighted by Crippen LogP contribution is 2.32. The van der Waals surface area contributed by atoms with Gasteiger partial charge in [0.15, 0.2) is 0 Å². The molecule has 88 valence electrons. The maximum atomic E-state index is 6.41. The van der Waals surface area contributed by atoms with Gasteiger partial charge in [0.1, 0.15) is 0 Å². The fourth-order valence-corrected chi connectivity index (χ4v) is 3.37. The molecule has 1 atom stereocenters. The van der Waals surface area contributed by atoms with Crippen LogP contribution in [-0.2, 0) is 6.42 Å². The van der Waals surface area contributed by atoms with Gasteiger partial charge in [0.2, 0.25) is 0 Å². The van der Waals surface area contributed by atoms with Crippen LogP contribution in [0.15, 0.2) is 51.5 Å². The molecule has 0 aliphatic carbocycles. The number of hydrogen-bond donors (Lipinski definition) is 0. The molecule has 0 aliphatic heterocycles. The van der Waals surface area contributed by atoms with E-state index >= 15 is 0 Å². The van der Waals surface area contributed by atoms with Crippen molar-refractivity contribution in [3.8, 4) is 0 Å². The highest BCUT2D eigenvalue weighted by Gasteiger charge is 2.13. The fourth-order valence-electron chi connectivity index (χ4n) is 1.57. The van der Waals surface area contributed by atoms with Crippen LogP contribution < -0.4 is 0 Å². The van der Waals surface area contributed by atoms with Gasteiger partial charge in [0.05, 0.1) is 5.38 Å². The monoisotopic (exact) mass is 373 g/mol. The summed E-state index contributed by atoms with van der Waals surface area (Å²) in [6.07, 6.45) is 2.51. The SMILES string of the molecule is ClC(Cc1ccccn1)c1ccc(Br)cc1Br. The second-order valence-corrected chi connectivity index (χ2v) is 5.96. The van der Waals surface area contributed by atoms with E-state index in [9.17, 15) is 0 Å². The van der Waals surface area contributed by atoms with Crippen LogP contribution in [0.5, 0.6) is 0 Å². The van der Waals surface area contributed by atoms with E-state index in [0.29, 0.717) is 0 Å². The zero-order valence-electron chi connectivity index (χ0n) is 8.91. The van der Waals surface area contributed by atoms with Crippen LogP contribution in [0.2, 0.25) is 0 Å². The molecule has 0 amide bonds. The molecule has 1 unspecified atom stereocenters. The molecule has 17 heavy (non-hydrogen) atoms. The van der Waals surface area contributed by atoms with Crippen molar-refractivity contribution in [1.29, 1.82) is 0 Å². The predicted octanol–water partition coefficient (Wildman–Crippen LogP) is 5.13. The summed E-state index contributed by atoms with van der Waals surface area (Å²) in [4.78, 5) is 4.28. The van der Waals surface area contributed by atoms with Crippen LogP contribution in [0, 0.1) is 0 Å². The lowest BCUT2D eigenvalue weighted by Gasteiger charge is -2.11. The summed E-state index contributed by atoms with van der Waals surface area (Å²) in [7, 11) is 0. The van der Waals surface area contributed by atoms with Gasteiger partial charge in [-0.3, -0.25) is 4.98 Å². The van der Waals surface area contributed by atoms with Gasteiger partial charge in [-0.25, -0.2) is 0 Å². The summed E-state index contributed by atoms with van der Waals surface area (Å²) in [6, 6.07) is 11.9. The molecule has 0 N–H and O–H groups in total. The van der Waals surface area contributed by atoms with Crippen LogP contribution >= 0.6 is 43.5 Å². The number of pyridine rings is 1. The Kier molecular flexibility index (Phi) is 4.60. The number of aromatic nitrogens is 1. The maximum absolute atomic E-state index is 6.41. The Bertz CT molecular complexity index is 502. The van der Waals surface area contributed by atoms with E-state index in [1.165, 1.54) is 0 Å². The minimum absolute atomic E-state index is 0.0765. The van der Waals surface area contributed by atoms with Crippen molar-refractivity contribution in [2.45, 2.75) is 11.8 Å². The smallest absolute Gasteiger partial charge is 0.0651 e. The Hall–Kier alpha value is -0.380. The molecule has 0 fully saturated rings. The minimum Gasteiger partial charge on any atom is -0.261 e. The molecule has 0 saturated heterocycles. The van der Waals surface area contributed by atoms with Gasteiger partial charge in [-0.2, -0.15) is 0 Å². The lowest BCUT2D eigenvalue weighted by Crippen LogP contribution is -1.98. The largest absolute Gasteiger partial charge is 0.261 e. The Balaban J connectivity index is 2.17. The zero-order valence-corrected chi connectivity index (χ0v) is 12.8. The summed E-state index contributed by atoms with van der Waals surface area (Å²) in [5, 5.41) is -0.0765. The van der Waals surface area contributed by atoms with Crippen molar-refractivity contribution in [1.82, 2.24) is 4.98 Å². The third-order valence-corrected chi connectivity index (χ3v) is 3.98. The minimum atomic E-state index is -0.0765. The molecule has 4 heteroatoms. The molecule has 1 aromatic heterocycles. The summed E-state index contributed by atoms with van der Waals surface area (Å²) < 4.78 is 2.05. The summed E-state index contributed by atoms with van der Waals surface area (Å²) in [5.41, 5.74) is 2.09. The fraction of sp³-hybridized carbons (Fsp3) is 0.154. The molecular formula is C13H10Br2ClN. The lowest BCUT2D eigenvalue weighted by molar-refractivity contribution is 0.876. The number of rotatable bonds is 3. The van der Waals surface area contributed by atoms with Gasteiger partial charge in [-0.05, 0) is 29.8 Å². The quantitative estimate of drug-likeness (QED) is 0.678. The van der Waals surface area contributed by atoms with Crippen molar-refractivity contribution in [2.75, 3.05) is 0 Å². The standard InChI is InChI=1S/C13H10Br2ClN/c14-9-4-5-11(12(15)7-9)13(16)8-10-3-1-2-6-17-10/h1-7,13H,8H2. The number of alkyl halides is 1. The van der Waals surface area contributed by atoms with Gasteiger partial charge in [0.25, 0.3) is 0 Å². The highest BCUT2D eigenvalue weighted by atomic mass is 79.9. The van der Waals surface area contributed by atoms with Crippen LogP contribution in [0.3, 0.4) is 0 Å². The summed E-state index contributed by atoms with van der Waals surface area (Å²) >= 11 is 13.4. The first-order valence-corrected chi connectivity index (χ1v) is 7.18. The van der Waals surface area contributed by atoms with E-state index in [1.54, 1.807) is 6.20 Å². The Morgan fingerprint density at radius 2 is 2.00 bits per heavy atom. The first-order chi connectivity index (χ1) is 8.16. The van der Waals surface area contributed by atoms with Gasteiger partial charge >= 0.3 is 0 Å². The Morgan fingerprint density at radius 1 is 1.18 bits per heavy atom. The van der Waals surface area contributed by atoms with Gasteiger partial charge < -0.3 is 0 Å². The van der Waals surface area contributed by atoms with E-state index in [1.807, 2.05) is 36.4 Å². The molecule has 0 spiro atoms. The van der Waals surface area contributed by atoms with Gasteiger partial charge in [0, 0.05) is 27.3 Å². The van der Waals surface area contributed by atoms with Gasteiger partial charge in [-0.1, -0.05) is 44.0 Å². The summed E-state index contributed by atoms with van der Waals surface area (Å²) in [5.74, 6) is 0. The predicted molar refractivity (Wildman–Crippen MR) is 78.4 cm³/mol.